The lowest BCUT2D eigenvalue weighted by atomic mass is 10.1. The van der Waals surface area contributed by atoms with Crippen LogP contribution in [0.3, 0.4) is 0 Å². The van der Waals surface area contributed by atoms with Gasteiger partial charge in [0.25, 0.3) is 0 Å². The maximum atomic E-state index is 13.5. The van der Waals surface area contributed by atoms with E-state index in [1.165, 1.54) is 11.6 Å². The maximum absolute atomic E-state index is 13.5. The first kappa shape index (κ1) is 11.9. The number of H-pyrrole nitrogens is 1. The SMILES string of the molecule is Fc1cccc2[nH]c(CCCc3ccccc3)nc12. The minimum absolute atomic E-state index is 0.261. The highest BCUT2D eigenvalue weighted by Gasteiger charge is 2.06. The molecule has 0 aliphatic carbocycles. The van der Waals surface area contributed by atoms with Gasteiger partial charge in [-0.1, -0.05) is 36.4 Å². The van der Waals surface area contributed by atoms with Crippen LogP contribution in [0.15, 0.2) is 48.5 Å². The molecule has 0 atom stereocenters. The van der Waals surface area contributed by atoms with Crippen molar-refractivity contribution in [2.45, 2.75) is 19.3 Å². The molecule has 2 nitrogen and oxygen atoms in total. The van der Waals surface area contributed by atoms with Crippen LogP contribution in [0.1, 0.15) is 17.8 Å². The topological polar surface area (TPSA) is 28.7 Å². The van der Waals surface area contributed by atoms with E-state index < -0.39 is 0 Å². The maximum Gasteiger partial charge on any atom is 0.151 e. The Kier molecular flexibility index (Phi) is 3.27. The summed E-state index contributed by atoms with van der Waals surface area (Å²) < 4.78 is 13.5. The van der Waals surface area contributed by atoms with E-state index in [4.69, 9.17) is 0 Å². The second-order valence-electron chi connectivity index (χ2n) is 4.66. The Morgan fingerprint density at radius 2 is 1.79 bits per heavy atom. The average Bonchev–Trinajstić information content (AvgIpc) is 2.84. The van der Waals surface area contributed by atoms with Crippen LogP contribution in [0.4, 0.5) is 4.39 Å². The summed E-state index contributed by atoms with van der Waals surface area (Å²) in [5.41, 5.74) is 2.54. The molecule has 0 spiro atoms. The van der Waals surface area contributed by atoms with Crippen LogP contribution in [0.2, 0.25) is 0 Å². The fourth-order valence-electron chi connectivity index (χ4n) is 2.27. The third-order valence-electron chi connectivity index (χ3n) is 3.23. The number of halogens is 1. The monoisotopic (exact) mass is 254 g/mol. The summed E-state index contributed by atoms with van der Waals surface area (Å²) in [4.78, 5) is 7.48. The molecule has 0 radical (unpaired) electrons. The van der Waals surface area contributed by atoms with Crippen molar-refractivity contribution in [1.29, 1.82) is 0 Å². The Morgan fingerprint density at radius 1 is 0.947 bits per heavy atom. The Balaban J connectivity index is 1.67. The second kappa shape index (κ2) is 5.22. The molecule has 2 aromatic carbocycles. The van der Waals surface area contributed by atoms with Crippen molar-refractivity contribution >= 4 is 11.0 Å². The fourth-order valence-corrected chi connectivity index (χ4v) is 2.27. The van der Waals surface area contributed by atoms with Gasteiger partial charge in [-0.3, -0.25) is 0 Å². The summed E-state index contributed by atoms with van der Waals surface area (Å²) in [6, 6.07) is 15.4. The summed E-state index contributed by atoms with van der Waals surface area (Å²) in [5.74, 6) is 0.596. The van der Waals surface area contributed by atoms with Gasteiger partial charge in [0, 0.05) is 6.42 Å². The molecule has 0 unspecified atom stereocenters. The summed E-state index contributed by atoms with van der Waals surface area (Å²) in [6.45, 7) is 0. The van der Waals surface area contributed by atoms with E-state index >= 15 is 0 Å². The quantitative estimate of drug-likeness (QED) is 0.752. The van der Waals surface area contributed by atoms with Crippen molar-refractivity contribution in [1.82, 2.24) is 9.97 Å². The Bertz CT molecular complexity index is 674. The number of fused-ring (bicyclic) bond motifs is 1. The molecule has 0 bridgehead atoms. The molecule has 3 aromatic rings. The molecule has 1 heterocycles. The first-order chi connectivity index (χ1) is 9.33. The van der Waals surface area contributed by atoms with E-state index in [0.29, 0.717) is 5.52 Å². The molecule has 0 fully saturated rings. The van der Waals surface area contributed by atoms with E-state index in [1.807, 2.05) is 24.3 Å². The number of rotatable bonds is 4. The van der Waals surface area contributed by atoms with Gasteiger partial charge in [-0.05, 0) is 30.5 Å². The predicted molar refractivity (Wildman–Crippen MR) is 74.5 cm³/mol. The zero-order valence-electron chi connectivity index (χ0n) is 10.6. The summed E-state index contributed by atoms with van der Waals surface area (Å²) in [5, 5.41) is 0. The van der Waals surface area contributed by atoms with Crippen LogP contribution in [-0.2, 0) is 12.8 Å². The molecule has 0 aliphatic heterocycles. The average molecular weight is 254 g/mol. The number of imidazole rings is 1. The standard InChI is InChI=1S/C16H15FN2/c17-13-9-5-10-14-16(13)19-15(18-14)11-4-8-12-6-2-1-3-7-12/h1-3,5-7,9-10H,4,8,11H2,(H,18,19). The van der Waals surface area contributed by atoms with Crippen LogP contribution in [0, 0.1) is 5.82 Å². The fraction of sp³-hybridized carbons (Fsp3) is 0.188. The van der Waals surface area contributed by atoms with Crippen LogP contribution in [0.25, 0.3) is 11.0 Å². The molecule has 1 N–H and O–H groups in total. The van der Waals surface area contributed by atoms with Crippen LogP contribution in [-0.4, -0.2) is 9.97 Å². The molecule has 1 aromatic heterocycles. The molecule has 0 aliphatic rings. The van der Waals surface area contributed by atoms with Crippen molar-refractivity contribution in [2.75, 3.05) is 0 Å². The molecule has 3 rings (SSSR count). The van der Waals surface area contributed by atoms with Crippen molar-refractivity contribution < 1.29 is 4.39 Å². The van der Waals surface area contributed by atoms with Crippen molar-refractivity contribution in [3.63, 3.8) is 0 Å². The van der Waals surface area contributed by atoms with Gasteiger partial charge in [0.1, 0.15) is 11.3 Å². The third kappa shape index (κ3) is 2.65. The first-order valence-corrected chi connectivity index (χ1v) is 6.50. The van der Waals surface area contributed by atoms with E-state index in [2.05, 4.69) is 22.1 Å². The molecule has 96 valence electrons. The van der Waals surface area contributed by atoms with E-state index in [0.717, 1.165) is 30.6 Å². The lowest BCUT2D eigenvalue weighted by molar-refractivity contribution is 0.637. The zero-order valence-corrected chi connectivity index (χ0v) is 10.6. The van der Waals surface area contributed by atoms with Gasteiger partial charge >= 0.3 is 0 Å². The molecule has 3 heteroatoms. The molecule has 0 amide bonds. The molecule has 19 heavy (non-hydrogen) atoms. The number of para-hydroxylation sites is 1. The number of aromatic nitrogens is 2. The van der Waals surface area contributed by atoms with Crippen LogP contribution in [0.5, 0.6) is 0 Å². The molecule has 0 saturated carbocycles. The van der Waals surface area contributed by atoms with Crippen LogP contribution < -0.4 is 0 Å². The minimum atomic E-state index is -0.261. The third-order valence-corrected chi connectivity index (χ3v) is 3.23. The Morgan fingerprint density at radius 3 is 2.58 bits per heavy atom. The van der Waals surface area contributed by atoms with Crippen molar-refractivity contribution in [3.8, 4) is 0 Å². The normalized spacial score (nSPS) is 11.0. The van der Waals surface area contributed by atoms with E-state index in [9.17, 15) is 4.39 Å². The number of nitrogens with zero attached hydrogens (tertiary/aromatic N) is 1. The van der Waals surface area contributed by atoms with Crippen LogP contribution >= 0.6 is 0 Å². The largest absolute Gasteiger partial charge is 0.342 e. The first-order valence-electron chi connectivity index (χ1n) is 6.50. The summed E-state index contributed by atoms with van der Waals surface area (Å²) in [7, 11) is 0. The molecule has 0 saturated heterocycles. The lowest BCUT2D eigenvalue weighted by Crippen LogP contribution is -1.91. The highest BCUT2D eigenvalue weighted by Crippen LogP contribution is 2.16. The van der Waals surface area contributed by atoms with Crippen molar-refractivity contribution in [2.24, 2.45) is 0 Å². The van der Waals surface area contributed by atoms with Crippen molar-refractivity contribution in [3.05, 3.63) is 65.7 Å². The number of hydrogen-bond donors (Lipinski definition) is 1. The number of aromatic amines is 1. The number of aryl methyl sites for hydroxylation is 2. The number of benzene rings is 2. The Labute approximate surface area is 111 Å². The van der Waals surface area contributed by atoms with Gasteiger partial charge in [-0.15, -0.1) is 0 Å². The summed E-state index contributed by atoms with van der Waals surface area (Å²) in [6.07, 6.45) is 2.86. The zero-order chi connectivity index (χ0) is 13.1. The van der Waals surface area contributed by atoms with Gasteiger partial charge in [0.15, 0.2) is 5.82 Å². The van der Waals surface area contributed by atoms with E-state index in [1.54, 1.807) is 6.07 Å². The minimum Gasteiger partial charge on any atom is -0.342 e. The van der Waals surface area contributed by atoms with Gasteiger partial charge < -0.3 is 4.98 Å². The van der Waals surface area contributed by atoms with Gasteiger partial charge in [0.2, 0.25) is 0 Å². The molecular formula is C16H15FN2. The second-order valence-corrected chi connectivity index (χ2v) is 4.66. The highest BCUT2D eigenvalue weighted by molar-refractivity contribution is 5.75. The van der Waals surface area contributed by atoms with E-state index in [-0.39, 0.29) is 5.82 Å². The smallest absolute Gasteiger partial charge is 0.151 e. The number of nitrogens with one attached hydrogen (secondary N) is 1. The number of hydrogen-bond acceptors (Lipinski definition) is 1. The van der Waals surface area contributed by atoms with Gasteiger partial charge in [0.05, 0.1) is 5.52 Å². The Hall–Kier alpha value is -2.16. The lowest BCUT2D eigenvalue weighted by Gasteiger charge is -1.99. The van der Waals surface area contributed by atoms with Gasteiger partial charge in [-0.25, -0.2) is 9.37 Å². The summed E-state index contributed by atoms with van der Waals surface area (Å²) >= 11 is 0. The molecular weight excluding hydrogens is 239 g/mol. The van der Waals surface area contributed by atoms with Gasteiger partial charge in [-0.2, -0.15) is 0 Å². The highest BCUT2D eigenvalue weighted by atomic mass is 19.1. The predicted octanol–water partition coefficient (Wildman–Crippen LogP) is 3.88.